The van der Waals surface area contributed by atoms with Crippen LogP contribution in [0.25, 0.3) is 0 Å². The second-order valence-corrected chi connectivity index (χ2v) is 5.33. The SMILES string of the molecule is CCNCc1cccc(C)c1OCC(=O)NCC(C)C. The second-order valence-electron chi connectivity index (χ2n) is 5.33. The number of hydrogen-bond donors (Lipinski definition) is 2. The number of carbonyl (C=O) groups is 1. The molecule has 0 radical (unpaired) electrons. The minimum absolute atomic E-state index is 0.0662. The first-order valence-electron chi connectivity index (χ1n) is 7.23. The van der Waals surface area contributed by atoms with Crippen molar-refractivity contribution in [3.05, 3.63) is 29.3 Å². The van der Waals surface area contributed by atoms with Crippen LogP contribution in [0.2, 0.25) is 0 Å². The van der Waals surface area contributed by atoms with Crippen molar-refractivity contribution in [2.24, 2.45) is 5.92 Å². The molecule has 0 heterocycles. The molecule has 0 saturated carbocycles. The van der Waals surface area contributed by atoms with Gasteiger partial charge in [-0.3, -0.25) is 4.79 Å². The van der Waals surface area contributed by atoms with Gasteiger partial charge in [-0.15, -0.1) is 0 Å². The van der Waals surface area contributed by atoms with E-state index in [1.165, 1.54) is 0 Å². The third-order valence-corrected chi connectivity index (χ3v) is 2.91. The fraction of sp³-hybridized carbons (Fsp3) is 0.562. The van der Waals surface area contributed by atoms with Crippen LogP contribution in [0.1, 0.15) is 31.9 Å². The summed E-state index contributed by atoms with van der Waals surface area (Å²) in [6, 6.07) is 6.03. The highest BCUT2D eigenvalue weighted by Crippen LogP contribution is 2.23. The van der Waals surface area contributed by atoms with Crippen molar-refractivity contribution in [1.82, 2.24) is 10.6 Å². The number of para-hydroxylation sites is 1. The number of aryl methyl sites for hydroxylation is 1. The molecule has 0 bridgehead atoms. The molecule has 1 rings (SSSR count). The predicted octanol–water partition coefficient (Wildman–Crippen LogP) is 2.26. The van der Waals surface area contributed by atoms with E-state index in [1.54, 1.807) is 0 Å². The van der Waals surface area contributed by atoms with Gasteiger partial charge < -0.3 is 15.4 Å². The zero-order valence-electron chi connectivity index (χ0n) is 13.0. The van der Waals surface area contributed by atoms with Crippen LogP contribution in [-0.2, 0) is 11.3 Å². The van der Waals surface area contributed by atoms with Crippen molar-refractivity contribution in [1.29, 1.82) is 0 Å². The molecule has 2 N–H and O–H groups in total. The first-order valence-corrected chi connectivity index (χ1v) is 7.23. The van der Waals surface area contributed by atoms with Crippen LogP contribution in [0.3, 0.4) is 0 Å². The van der Waals surface area contributed by atoms with Gasteiger partial charge in [0.15, 0.2) is 6.61 Å². The van der Waals surface area contributed by atoms with Crippen LogP contribution in [0, 0.1) is 12.8 Å². The van der Waals surface area contributed by atoms with E-state index < -0.39 is 0 Å². The summed E-state index contributed by atoms with van der Waals surface area (Å²) in [5.41, 5.74) is 2.14. The van der Waals surface area contributed by atoms with Gasteiger partial charge in [0.2, 0.25) is 0 Å². The summed E-state index contributed by atoms with van der Waals surface area (Å²) in [5, 5.41) is 6.13. The summed E-state index contributed by atoms with van der Waals surface area (Å²) in [5.74, 6) is 1.19. The average molecular weight is 278 g/mol. The molecule has 4 heteroatoms. The zero-order chi connectivity index (χ0) is 15.0. The molecule has 20 heavy (non-hydrogen) atoms. The van der Waals surface area contributed by atoms with Crippen molar-refractivity contribution >= 4 is 5.91 Å². The molecule has 0 fully saturated rings. The van der Waals surface area contributed by atoms with Gasteiger partial charge in [-0.2, -0.15) is 0 Å². The van der Waals surface area contributed by atoms with Gasteiger partial charge in [0.05, 0.1) is 0 Å². The number of ether oxygens (including phenoxy) is 1. The maximum Gasteiger partial charge on any atom is 0.257 e. The highest BCUT2D eigenvalue weighted by molar-refractivity contribution is 5.77. The number of nitrogens with one attached hydrogen (secondary N) is 2. The molecule has 0 aromatic heterocycles. The number of rotatable bonds is 8. The van der Waals surface area contributed by atoms with Crippen LogP contribution in [0.5, 0.6) is 5.75 Å². The monoisotopic (exact) mass is 278 g/mol. The lowest BCUT2D eigenvalue weighted by molar-refractivity contribution is -0.123. The van der Waals surface area contributed by atoms with E-state index in [-0.39, 0.29) is 12.5 Å². The fourth-order valence-electron chi connectivity index (χ4n) is 1.83. The van der Waals surface area contributed by atoms with Gasteiger partial charge >= 0.3 is 0 Å². The quantitative estimate of drug-likeness (QED) is 0.767. The summed E-state index contributed by atoms with van der Waals surface area (Å²) in [4.78, 5) is 11.7. The smallest absolute Gasteiger partial charge is 0.257 e. The Balaban J connectivity index is 2.59. The Kier molecular flexibility index (Phi) is 7.09. The van der Waals surface area contributed by atoms with E-state index in [4.69, 9.17) is 4.74 Å². The van der Waals surface area contributed by atoms with E-state index in [2.05, 4.69) is 31.4 Å². The maximum absolute atomic E-state index is 11.7. The molecule has 0 saturated heterocycles. The largest absolute Gasteiger partial charge is 0.483 e. The lowest BCUT2D eigenvalue weighted by atomic mass is 10.1. The molecule has 0 spiro atoms. The molecule has 0 atom stereocenters. The van der Waals surface area contributed by atoms with E-state index in [1.807, 2.05) is 25.1 Å². The van der Waals surface area contributed by atoms with Crippen LogP contribution in [0.15, 0.2) is 18.2 Å². The molecule has 112 valence electrons. The topological polar surface area (TPSA) is 50.4 Å². The Labute approximate surface area is 121 Å². The Morgan fingerprint density at radius 1 is 1.35 bits per heavy atom. The van der Waals surface area contributed by atoms with E-state index >= 15 is 0 Å². The number of carbonyl (C=O) groups excluding carboxylic acids is 1. The molecule has 0 unspecified atom stereocenters. The predicted molar refractivity (Wildman–Crippen MR) is 81.9 cm³/mol. The molecular weight excluding hydrogens is 252 g/mol. The molecular formula is C16H26N2O2. The van der Waals surface area contributed by atoms with Gasteiger partial charge in [-0.1, -0.05) is 39.0 Å². The summed E-state index contributed by atoms with van der Waals surface area (Å²) < 4.78 is 5.71. The Hall–Kier alpha value is -1.55. The van der Waals surface area contributed by atoms with Crippen molar-refractivity contribution in [2.45, 2.75) is 34.2 Å². The summed E-state index contributed by atoms with van der Waals surface area (Å²) >= 11 is 0. The third-order valence-electron chi connectivity index (χ3n) is 2.91. The molecule has 0 aliphatic carbocycles. The highest BCUT2D eigenvalue weighted by Gasteiger charge is 2.09. The van der Waals surface area contributed by atoms with Crippen molar-refractivity contribution in [2.75, 3.05) is 19.7 Å². The lowest BCUT2D eigenvalue weighted by Crippen LogP contribution is -2.32. The lowest BCUT2D eigenvalue weighted by Gasteiger charge is -2.14. The summed E-state index contributed by atoms with van der Waals surface area (Å²) in [6.07, 6.45) is 0. The molecule has 0 aliphatic heterocycles. The van der Waals surface area contributed by atoms with Crippen LogP contribution < -0.4 is 15.4 Å². The van der Waals surface area contributed by atoms with Crippen molar-refractivity contribution in [3.63, 3.8) is 0 Å². The number of hydrogen-bond acceptors (Lipinski definition) is 3. The molecule has 1 aromatic carbocycles. The molecule has 1 amide bonds. The second kappa shape index (κ2) is 8.59. The van der Waals surface area contributed by atoms with Crippen molar-refractivity contribution < 1.29 is 9.53 Å². The van der Waals surface area contributed by atoms with Crippen LogP contribution in [-0.4, -0.2) is 25.6 Å². The van der Waals surface area contributed by atoms with Gasteiger partial charge in [0, 0.05) is 18.7 Å². The standard InChI is InChI=1S/C16H26N2O2/c1-5-17-10-14-8-6-7-13(4)16(14)20-11-15(19)18-9-12(2)3/h6-8,12,17H,5,9-11H2,1-4H3,(H,18,19). The zero-order valence-corrected chi connectivity index (χ0v) is 13.0. The Morgan fingerprint density at radius 2 is 2.10 bits per heavy atom. The Bertz CT molecular complexity index is 430. The third kappa shape index (κ3) is 5.61. The first kappa shape index (κ1) is 16.5. The Morgan fingerprint density at radius 3 is 2.75 bits per heavy atom. The minimum atomic E-state index is -0.0728. The van der Waals surface area contributed by atoms with Gasteiger partial charge in [0.1, 0.15) is 5.75 Å². The maximum atomic E-state index is 11.7. The molecule has 1 aromatic rings. The van der Waals surface area contributed by atoms with E-state index in [9.17, 15) is 4.79 Å². The first-order chi connectivity index (χ1) is 9.54. The van der Waals surface area contributed by atoms with E-state index in [0.717, 1.165) is 30.0 Å². The summed E-state index contributed by atoms with van der Waals surface area (Å²) in [7, 11) is 0. The molecule has 0 aliphatic rings. The minimum Gasteiger partial charge on any atom is -0.483 e. The average Bonchev–Trinajstić information content (AvgIpc) is 2.41. The van der Waals surface area contributed by atoms with Gasteiger partial charge in [-0.05, 0) is 24.9 Å². The highest BCUT2D eigenvalue weighted by atomic mass is 16.5. The van der Waals surface area contributed by atoms with Crippen LogP contribution in [0.4, 0.5) is 0 Å². The van der Waals surface area contributed by atoms with Gasteiger partial charge in [-0.25, -0.2) is 0 Å². The number of amides is 1. The van der Waals surface area contributed by atoms with Gasteiger partial charge in [0.25, 0.3) is 5.91 Å². The molecule has 4 nitrogen and oxygen atoms in total. The fourth-order valence-corrected chi connectivity index (χ4v) is 1.83. The number of benzene rings is 1. The van der Waals surface area contributed by atoms with Crippen molar-refractivity contribution in [3.8, 4) is 5.75 Å². The van der Waals surface area contributed by atoms with Crippen LogP contribution >= 0.6 is 0 Å². The summed E-state index contributed by atoms with van der Waals surface area (Å²) in [6.45, 7) is 10.6. The normalized spacial score (nSPS) is 10.7. The van der Waals surface area contributed by atoms with E-state index in [0.29, 0.717) is 12.5 Å².